The van der Waals surface area contributed by atoms with Gasteiger partial charge in [-0.25, -0.2) is 4.98 Å². The molecule has 2 amide bonds. The average Bonchev–Trinajstić information content (AvgIpc) is 3.03. The van der Waals surface area contributed by atoms with E-state index < -0.39 is 0 Å². The molecule has 2 aromatic heterocycles. The fourth-order valence-corrected chi connectivity index (χ4v) is 3.81. The van der Waals surface area contributed by atoms with E-state index in [1.54, 1.807) is 36.5 Å². The summed E-state index contributed by atoms with van der Waals surface area (Å²) in [5.74, 6) is -0.149. The first-order chi connectivity index (χ1) is 15.1. The van der Waals surface area contributed by atoms with E-state index in [9.17, 15) is 14.4 Å². The van der Waals surface area contributed by atoms with E-state index in [1.807, 2.05) is 36.4 Å². The molecular weight excluding hydrogens is 392 g/mol. The molecule has 4 aromatic rings. The zero-order chi connectivity index (χ0) is 21.4. The van der Waals surface area contributed by atoms with Gasteiger partial charge >= 0.3 is 0 Å². The molecule has 2 aromatic carbocycles. The van der Waals surface area contributed by atoms with Gasteiger partial charge in [-0.05, 0) is 41.8 Å². The van der Waals surface area contributed by atoms with Gasteiger partial charge in [-0.3, -0.25) is 19.3 Å². The highest BCUT2D eigenvalue weighted by Gasteiger charge is 2.34. The number of aromatic amines is 1. The van der Waals surface area contributed by atoms with Gasteiger partial charge in [0.05, 0.1) is 16.5 Å². The number of fused-ring (bicyclic) bond motifs is 2. The summed E-state index contributed by atoms with van der Waals surface area (Å²) in [6.45, 7) is 0.207. The number of nitrogens with one attached hydrogen (secondary N) is 2. The second-order valence-corrected chi connectivity index (χ2v) is 7.28. The molecule has 1 aliphatic rings. The lowest BCUT2D eigenvalue weighted by atomic mass is 10.1. The second kappa shape index (κ2) is 7.53. The molecule has 0 atom stereocenters. The van der Waals surface area contributed by atoms with Gasteiger partial charge in [-0.15, -0.1) is 0 Å². The Bertz CT molecular complexity index is 1340. The van der Waals surface area contributed by atoms with Crippen molar-refractivity contribution in [2.24, 2.45) is 0 Å². The molecular formula is C24H18N4O3. The van der Waals surface area contributed by atoms with Crippen molar-refractivity contribution in [1.82, 2.24) is 14.9 Å². The van der Waals surface area contributed by atoms with Gasteiger partial charge in [0.25, 0.3) is 17.4 Å². The van der Waals surface area contributed by atoms with Gasteiger partial charge in [0.15, 0.2) is 0 Å². The van der Waals surface area contributed by atoms with Crippen LogP contribution in [0.25, 0.3) is 10.8 Å². The quantitative estimate of drug-likeness (QED) is 0.491. The number of nitrogens with zero attached hydrogens (tertiary/aromatic N) is 2. The summed E-state index contributed by atoms with van der Waals surface area (Å²) in [6, 6.07) is 19.9. The van der Waals surface area contributed by atoms with E-state index in [-0.39, 0.29) is 23.9 Å². The molecule has 0 bridgehead atoms. The fraction of sp³-hybridized carbons (Fsp3) is 0.0833. The van der Waals surface area contributed by atoms with Crippen molar-refractivity contribution in [1.29, 1.82) is 0 Å². The summed E-state index contributed by atoms with van der Waals surface area (Å²) in [5.41, 5.74) is 2.09. The van der Waals surface area contributed by atoms with Crippen LogP contribution >= 0.6 is 0 Å². The maximum Gasteiger partial charge on any atom is 0.261 e. The molecule has 0 aliphatic carbocycles. The van der Waals surface area contributed by atoms with Gasteiger partial charge in [0, 0.05) is 30.5 Å². The van der Waals surface area contributed by atoms with Gasteiger partial charge in [-0.2, -0.15) is 0 Å². The van der Waals surface area contributed by atoms with Crippen LogP contribution in [0.2, 0.25) is 0 Å². The lowest BCUT2D eigenvalue weighted by Crippen LogP contribution is -2.32. The lowest BCUT2D eigenvalue weighted by molar-refractivity contribution is 0.0656. The largest absolute Gasteiger partial charge is 0.340 e. The number of carbonyl (C=O) groups is 2. The Balaban J connectivity index is 1.46. The van der Waals surface area contributed by atoms with Crippen LogP contribution in [0.1, 0.15) is 26.4 Å². The maximum absolute atomic E-state index is 12.6. The Hall–Kier alpha value is -4.26. The Morgan fingerprint density at radius 3 is 2.26 bits per heavy atom. The van der Waals surface area contributed by atoms with Crippen molar-refractivity contribution in [3.63, 3.8) is 0 Å². The molecule has 0 radical (unpaired) electrons. The first kappa shape index (κ1) is 18.7. The third kappa shape index (κ3) is 3.36. The number of aromatic nitrogens is 2. The highest BCUT2D eigenvalue weighted by Crippen LogP contribution is 2.25. The Labute approximate surface area is 177 Å². The van der Waals surface area contributed by atoms with Crippen LogP contribution in [0.4, 0.5) is 11.5 Å². The molecule has 1 aliphatic heterocycles. The fourth-order valence-electron chi connectivity index (χ4n) is 3.81. The molecule has 0 unspecified atom stereocenters. The van der Waals surface area contributed by atoms with Gasteiger partial charge in [0.2, 0.25) is 0 Å². The van der Waals surface area contributed by atoms with E-state index in [0.717, 1.165) is 11.1 Å². The first-order valence-electron chi connectivity index (χ1n) is 9.90. The van der Waals surface area contributed by atoms with Gasteiger partial charge in [0.1, 0.15) is 5.82 Å². The number of rotatable bonds is 5. The Morgan fingerprint density at radius 2 is 1.55 bits per heavy atom. The summed E-state index contributed by atoms with van der Waals surface area (Å²) in [6.07, 6.45) is 1.96. The van der Waals surface area contributed by atoms with Crippen molar-refractivity contribution < 1.29 is 9.59 Å². The zero-order valence-electron chi connectivity index (χ0n) is 16.5. The summed E-state index contributed by atoms with van der Waals surface area (Å²) in [4.78, 5) is 46.3. The Morgan fingerprint density at radius 1 is 0.871 bits per heavy atom. The molecule has 0 saturated carbocycles. The standard InChI is InChI=1S/C24H18N4O3/c29-22-20-15(10-12-25-22)14-17(27-21(20)26-16-6-2-1-3-7-16)11-13-28-23(30)18-8-4-5-9-19(18)24(28)31/h1-10,12,14H,11,13H2,(H,25,29)(H,26,27). The molecule has 0 fully saturated rings. The minimum atomic E-state index is -0.291. The number of imide groups is 1. The van der Waals surface area contributed by atoms with Gasteiger partial charge in [-0.1, -0.05) is 30.3 Å². The third-order valence-corrected chi connectivity index (χ3v) is 5.31. The number of carbonyl (C=O) groups excluding carboxylic acids is 2. The highest BCUT2D eigenvalue weighted by atomic mass is 16.2. The SMILES string of the molecule is O=C1c2ccccc2C(=O)N1CCc1cc2cc[nH]c(=O)c2c(Nc2ccccc2)n1. The molecule has 7 heteroatoms. The van der Waals surface area contributed by atoms with Crippen LogP contribution in [0.5, 0.6) is 0 Å². The van der Waals surface area contributed by atoms with Crippen molar-refractivity contribution in [3.8, 4) is 0 Å². The van der Waals surface area contributed by atoms with Crippen molar-refractivity contribution >= 4 is 34.1 Å². The predicted octanol–water partition coefficient (Wildman–Crippen LogP) is 3.51. The second-order valence-electron chi connectivity index (χ2n) is 7.28. The lowest BCUT2D eigenvalue weighted by Gasteiger charge is -2.15. The average molecular weight is 410 g/mol. The third-order valence-electron chi connectivity index (χ3n) is 5.31. The van der Waals surface area contributed by atoms with E-state index in [1.165, 1.54) is 4.90 Å². The molecule has 5 rings (SSSR count). The van der Waals surface area contributed by atoms with Crippen molar-refractivity contribution in [2.75, 3.05) is 11.9 Å². The Kier molecular flexibility index (Phi) is 4.55. The summed E-state index contributed by atoms with van der Waals surface area (Å²) in [5, 5.41) is 4.39. The number of anilines is 2. The summed E-state index contributed by atoms with van der Waals surface area (Å²) >= 11 is 0. The van der Waals surface area contributed by atoms with Crippen LogP contribution in [-0.2, 0) is 6.42 Å². The molecule has 0 saturated heterocycles. The van der Waals surface area contributed by atoms with E-state index in [2.05, 4.69) is 15.3 Å². The van der Waals surface area contributed by atoms with Gasteiger partial charge < -0.3 is 10.3 Å². The molecule has 31 heavy (non-hydrogen) atoms. The number of H-pyrrole nitrogens is 1. The van der Waals surface area contributed by atoms with Crippen molar-refractivity contribution in [2.45, 2.75) is 6.42 Å². The van der Waals surface area contributed by atoms with Crippen LogP contribution in [0.3, 0.4) is 0 Å². The highest BCUT2D eigenvalue weighted by molar-refractivity contribution is 6.21. The molecule has 7 nitrogen and oxygen atoms in total. The van der Waals surface area contributed by atoms with E-state index in [0.29, 0.717) is 34.4 Å². The number of para-hydroxylation sites is 1. The minimum absolute atomic E-state index is 0.207. The molecule has 3 heterocycles. The molecule has 0 spiro atoms. The van der Waals surface area contributed by atoms with E-state index >= 15 is 0 Å². The predicted molar refractivity (Wildman–Crippen MR) is 118 cm³/mol. The normalized spacial score (nSPS) is 13.0. The van der Waals surface area contributed by atoms with Crippen LogP contribution in [-0.4, -0.2) is 33.2 Å². The number of pyridine rings is 2. The van der Waals surface area contributed by atoms with Crippen molar-refractivity contribution in [3.05, 3.63) is 100 Å². The number of hydrogen-bond donors (Lipinski definition) is 2. The monoisotopic (exact) mass is 410 g/mol. The topological polar surface area (TPSA) is 95.2 Å². The zero-order valence-corrected chi connectivity index (χ0v) is 16.5. The number of benzene rings is 2. The number of amides is 2. The summed E-state index contributed by atoms with van der Waals surface area (Å²) < 4.78 is 0. The summed E-state index contributed by atoms with van der Waals surface area (Å²) in [7, 11) is 0. The first-order valence-corrected chi connectivity index (χ1v) is 9.90. The van der Waals surface area contributed by atoms with Crippen LogP contribution in [0, 0.1) is 0 Å². The van der Waals surface area contributed by atoms with E-state index in [4.69, 9.17) is 0 Å². The number of hydrogen-bond acceptors (Lipinski definition) is 5. The molecule has 152 valence electrons. The maximum atomic E-state index is 12.6. The van der Waals surface area contributed by atoms with Crippen LogP contribution < -0.4 is 10.9 Å². The van der Waals surface area contributed by atoms with Crippen LogP contribution in [0.15, 0.2) is 77.7 Å². The smallest absolute Gasteiger partial charge is 0.261 e. The minimum Gasteiger partial charge on any atom is -0.340 e. The molecule has 2 N–H and O–H groups in total.